The van der Waals surface area contributed by atoms with Gasteiger partial charge in [0.15, 0.2) is 0 Å². The zero-order chi connectivity index (χ0) is 17.5. The van der Waals surface area contributed by atoms with Crippen molar-refractivity contribution in [3.05, 3.63) is 65.7 Å². The van der Waals surface area contributed by atoms with Crippen molar-refractivity contribution in [1.29, 1.82) is 0 Å². The highest BCUT2D eigenvalue weighted by Crippen LogP contribution is 2.18. The number of nitrogens with zero attached hydrogens (tertiary/aromatic N) is 1. The minimum Gasteiger partial charge on any atom is -0.395 e. The lowest BCUT2D eigenvalue weighted by Gasteiger charge is -2.21. The molecule has 2 amide bonds. The van der Waals surface area contributed by atoms with Crippen molar-refractivity contribution in [3.63, 3.8) is 0 Å². The zero-order valence-electron chi connectivity index (χ0n) is 12.7. The number of hydrogen-bond donors (Lipinski definition) is 2. The smallest absolute Gasteiger partial charge is 0.314 e. The van der Waals surface area contributed by atoms with Gasteiger partial charge in [-0.2, -0.15) is 0 Å². The van der Waals surface area contributed by atoms with Crippen molar-refractivity contribution < 1.29 is 23.5 Å². The average molecular weight is 334 g/mol. The Hall–Kier alpha value is -2.80. The van der Waals surface area contributed by atoms with Gasteiger partial charge in [-0.1, -0.05) is 36.4 Å². The third-order valence-electron chi connectivity index (χ3n) is 3.27. The normalized spacial score (nSPS) is 10.3. The van der Waals surface area contributed by atoms with Crippen molar-refractivity contribution in [2.75, 3.05) is 18.5 Å². The summed E-state index contributed by atoms with van der Waals surface area (Å²) in [6, 6.07) is 11.9. The highest BCUT2D eigenvalue weighted by molar-refractivity contribution is 6.39. The SMILES string of the molecule is O=C(Nc1c(F)cccc1F)C(=O)N(CCO)Cc1ccccc1. The average Bonchev–Trinajstić information content (AvgIpc) is 2.58. The number of benzene rings is 2. The largest absolute Gasteiger partial charge is 0.395 e. The van der Waals surface area contributed by atoms with Gasteiger partial charge in [0.05, 0.1) is 6.61 Å². The van der Waals surface area contributed by atoms with Crippen LogP contribution in [-0.4, -0.2) is 35.0 Å². The molecule has 0 saturated heterocycles. The van der Waals surface area contributed by atoms with Crippen LogP contribution >= 0.6 is 0 Å². The summed E-state index contributed by atoms with van der Waals surface area (Å²) in [4.78, 5) is 25.3. The van der Waals surface area contributed by atoms with E-state index in [1.54, 1.807) is 30.3 Å². The van der Waals surface area contributed by atoms with Crippen molar-refractivity contribution in [1.82, 2.24) is 4.90 Å². The Morgan fingerprint density at radius 3 is 2.21 bits per heavy atom. The molecule has 0 heterocycles. The van der Waals surface area contributed by atoms with Crippen LogP contribution in [0.2, 0.25) is 0 Å². The monoisotopic (exact) mass is 334 g/mol. The topological polar surface area (TPSA) is 69.6 Å². The number of para-hydroxylation sites is 1. The van der Waals surface area contributed by atoms with Crippen molar-refractivity contribution in [2.45, 2.75) is 6.54 Å². The van der Waals surface area contributed by atoms with Gasteiger partial charge in [-0.05, 0) is 17.7 Å². The van der Waals surface area contributed by atoms with E-state index in [0.717, 1.165) is 28.7 Å². The molecule has 24 heavy (non-hydrogen) atoms. The number of rotatable bonds is 5. The first-order valence-corrected chi connectivity index (χ1v) is 7.22. The van der Waals surface area contributed by atoms with Crippen LogP contribution in [0.1, 0.15) is 5.56 Å². The molecule has 7 heteroatoms. The molecule has 0 aliphatic heterocycles. The Morgan fingerprint density at radius 2 is 1.62 bits per heavy atom. The summed E-state index contributed by atoms with van der Waals surface area (Å²) in [6.45, 7) is -0.339. The summed E-state index contributed by atoms with van der Waals surface area (Å²) in [5, 5.41) is 11.0. The van der Waals surface area contributed by atoms with E-state index in [9.17, 15) is 18.4 Å². The van der Waals surface area contributed by atoms with E-state index in [2.05, 4.69) is 0 Å². The fourth-order valence-corrected chi connectivity index (χ4v) is 2.10. The first-order chi connectivity index (χ1) is 11.5. The van der Waals surface area contributed by atoms with Gasteiger partial charge in [0.1, 0.15) is 17.3 Å². The minimum absolute atomic E-state index is 0.0824. The van der Waals surface area contributed by atoms with Crippen molar-refractivity contribution in [3.8, 4) is 0 Å². The van der Waals surface area contributed by atoms with Crippen LogP contribution in [0.4, 0.5) is 14.5 Å². The van der Waals surface area contributed by atoms with Crippen LogP contribution in [0.15, 0.2) is 48.5 Å². The van der Waals surface area contributed by atoms with Gasteiger partial charge in [0, 0.05) is 13.1 Å². The molecular weight excluding hydrogens is 318 g/mol. The number of nitrogens with one attached hydrogen (secondary N) is 1. The molecule has 0 saturated carbocycles. The summed E-state index contributed by atoms with van der Waals surface area (Å²) in [6.07, 6.45) is 0. The molecule has 2 aromatic rings. The first-order valence-electron chi connectivity index (χ1n) is 7.22. The molecule has 0 aliphatic rings. The number of anilines is 1. The molecule has 0 spiro atoms. The van der Waals surface area contributed by atoms with E-state index in [0.29, 0.717) is 0 Å². The van der Waals surface area contributed by atoms with Gasteiger partial charge in [-0.3, -0.25) is 9.59 Å². The minimum atomic E-state index is -1.18. The highest BCUT2D eigenvalue weighted by Gasteiger charge is 2.23. The quantitative estimate of drug-likeness (QED) is 0.821. The maximum Gasteiger partial charge on any atom is 0.314 e. The number of halogens is 2. The number of hydrogen-bond acceptors (Lipinski definition) is 3. The predicted molar refractivity (Wildman–Crippen MR) is 83.9 cm³/mol. The molecule has 0 radical (unpaired) electrons. The lowest BCUT2D eigenvalue weighted by atomic mass is 10.2. The Balaban J connectivity index is 2.12. The zero-order valence-corrected chi connectivity index (χ0v) is 12.7. The van der Waals surface area contributed by atoms with E-state index in [4.69, 9.17) is 5.11 Å². The molecule has 0 aromatic heterocycles. The third kappa shape index (κ3) is 4.36. The molecule has 0 bridgehead atoms. The van der Waals surface area contributed by atoms with Crippen LogP contribution in [0.5, 0.6) is 0 Å². The molecule has 0 unspecified atom stereocenters. The number of aliphatic hydroxyl groups is 1. The summed E-state index contributed by atoms with van der Waals surface area (Å²) >= 11 is 0. The molecule has 0 atom stereocenters. The van der Waals surface area contributed by atoms with Gasteiger partial charge in [-0.25, -0.2) is 8.78 Å². The van der Waals surface area contributed by atoms with Crippen molar-refractivity contribution >= 4 is 17.5 Å². The van der Waals surface area contributed by atoms with Gasteiger partial charge < -0.3 is 15.3 Å². The molecule has 2 aromatic carbocycles. The highest BCUT2D eigenvalue weighted by atomic mass is 19.1. The molecule has 0 fully saturated rings. The van der Waals surface area contributed by atoms with Gasteiger partial charge >= 0.3 is 11.8 Å². The van der Waals surface area contributed by atoms with Crippen LogP contribution in [0.25, 0.3) is 0 Å². The number of aliphatic hydroxyl groups excluding tert-OH is 1. The lowest BCUT2D eigenvalue weighted by Crippen LogP contribution is -2.41. The number of carbonyl (C=O) groups is 2. The molecule has 0 aliphatic carbocycles. The Bertz CT molecular complexity index is 703. The van der Waals surface area contributed by atoms with Gasteiger partial charge in [-0.15, -0.1) is 0 Å². The third-order valence-corrected chi connectivity index (χ3v) is 3.27. The fourth-order valence-electron chi connectivity index (χ4n) is 2.10. The van der Waals surface area contributed by atoms with E-state index in [1.165, 1.54) is 0 Å². The van der Waals surface area contributed by atoms with Crippen LogP contribution in [0, 0.1) is 11.6 Å². The Kier molecular flexibility index (Phi) is 5.97. The van der Waals surface area contributed by atoms with Crippen LogP contribution in [0.3, 0.4) is 0 Å². The lowest BCUT2D eigenvalue weighted by molar-refractivity contribution is -0.143. The first kappa shape index (κ1) is 17.6. The Labute approximate surface area is 137 Å². The van der Waals surface area contributed by atoms with Crippen LogP contribution < -0.4 is 5.32 Å². The second kappa shape index (κ2) is 8.16. The summed E-state index contributed by atoms with van der Waals surface area (Å²) in [5.41, 5.74) is 0.0729. The Morgan fingerprint density at radius 1 is 1.00 bits per heavy atom. The second-order valence-electron chi connectivity index (χ2n) is 4.99. The van der Waals surface area contributed by atoms with E-state index < -0.39 is 29.1 Å². The van der Waals surface area contributed by atoms with E-state index >= 15 is 0 Å². The molecular formula is C17H16F2N2O3. The molecule has 2 N–H and O–H groups in total. The van der Waals surface area contributed by atoms with Gasteiger partial charge in [0.25, 0.3) is 0 Å². The maximum atomic E-state index is 13.6. The molecule has 5 nitrogen and oxygen atoms in total. The van der Waals surface area contributed by atoms with Gasteiger partial charge in [0.2, 0.25) is 0 Å². The van der Waals surface area contributed by atoms with E-state index in [-0.39, 0.29) is 19.7 Å². The number of amides is 2. The summed E-state index contributed by atoms with van der Waals surface area (Å²) in [7, 11) is 0. The molecule has 2 rings (SSSR count). The summed E-state index contributed by atoms with van der Waals surface area (Å²) < 4.78 is 27.1. The standard InChI is InChI=1S/C17H16F2N2O3/c18-13-7-4-8-14(19)15(13)20-16(23)17(24)21(9-10-22)11-12-5-2-1-3-6-12/h1-8,22H,9-11H2,(H,20,23). The summed E-state index contributed by atoms with van der Waals surface area (Å²) in [5.74, 6) is -4.13. The van der Waals surface area contributed by atoms with Crippen LogP contribution in [-0.2, 0) is 16.1 Å². The van der Waals surface area contributed by atoms with Crippen molar-refractivity contribution in [2.24, 2.45) is 0 Å². The fraction of sp³-hybridized carbons (Fsp3) is 0.176. The predicted octanol–water partition coefficient (Wildman–Crippen LogP) is 1.92. The molecule has 126 valence electrons. The second-order valence-corrected chi connectivity index (χ2v) is 4.99. The maximum absolute atomic E-state index is 13.6. The van der Waals surface area contributed by atoms with E-state index in [1.807, 2.05) is 5.32 Å². The number of carbonyl (C=O) groups excluding carboxylic acids is 2.